The topological polar surface area (TPSA) is 69.3 Å². The standard InChI is InChI=1S/C22H28N2O5/c1-26-16-8-9-17(20(13-16)28-3)18-6-5-11-24(18)14-22(25)23-15-7-10-19(27-2)21(12-15)29-4/h7-10,12-13,18H,5-6,11,14H2,1-4H3,(H,23,25)/t18-/m1/s1. The summed E-state index contributed by atoms with van der Waals surface area (Å²) in [5.74, 6) is 2.66. The SMILES string of the molecule is COc1ccc([C@H]2CCCN2CC(=O)Nc2ccc(OC)c(OC)c2)c(OC)c1. The average Bonchev–Trinajstić information content (AvgIpc) is 3.20. The summed E-state index contributed by atoms with van der Waals surface area (Å²) in [6.45, 7) is 1.16. The van der Waals surface area contributed by atoms with Gasteiger partial charge in [-0.25, -0.2) is 0 Å². The molecule has 0 bridgehead atoms. The fourth-order valence-corrected chi connectivity index (χ4v) is 3.76. The molecule has 1 aliphatic rings. The Morgan fingerprint density at radius 1 is 0.966 bits per heavy atom. The molecule has 2 aromatic rings. The van der Waals surface area contributed by atoms with Gasteiger partial charge in [-0.1, -0.05) is 6.07 Å². The number of amides is 1. The van der Waals surface area contributed by atoms with Crippen molar-refractivity contribution in [2.24, 2.45) is 0 Å². The Kier molecular flexibility index (Phi) is 6.82. The van der Waals surface area contributed by atoms with Crippen molar-refractivity contribution in [2.75, 3.05) is 46.8 Å². The van der Waals surface area contributed by atoms with Gasteiger partial charge in [-0.15, -0.1) is 0 Å². The van der Waals surface area contributed by atoms with Gasteiger partial charge in [0.05, 0.1) is 35.0 Å². The number of hydrogen-bond acceptors (Lipinski definition) is 6. The number of nitrogens with zero attached hydrogens (tertiary/aromatic N) is 1. The number of carbonyl (C=O) groups excluding carboxylic acids is 1. The monoisotopic (exact) mass is 400 g/mol. The molecule has 1 fully saturated rings. The van der Waals surface area contributed by atoms with Crippen LogP contribution in [-0.4, -0.2) is 52.3 Å². The average molecular weight is 400 g/mol. The largest absolute Gasteiger partial charge is 0.497 e. The molecule has 1 saturated heterocycles. The fraction of sp³-hybridized carbons (Fsp3) is 0.409. The minimum atomic E-state index is -0.0726. The number of anilines is 1. The predicted molar refractivity (Wildman–Crippen MR) is 111 cm³/mol. The van der Waals surface area contributed by atoms with Crippen molar-refractivity contribution >= 4 is 11.6 Å². The van der Waals surface area contributed by atoms with E-state index in [1.54, 1.807) is 46.6 Å². The quantitative estimate of drug-likeness (QED) is 0.732. The van der Waals surface area contributed by atoms with Crippen molar-refractivity contribution < 1.29 is 23.7 Å². The molecule has 1 N–H and O–H groups in total. The summed E-state index contributed by atoms with van der Waals surface area (Å²) in [5, 5.41) is 2.95. The number of hydrogen-bond donors (Lipinski definition) is 1. The summed E-state index contributed by atoms with van der Waals surface area (Å²) in [6, 6.07) is 11.3. The van der Waals surface area contributed by atoms with Crippen LogP contribution < -0.4 is 24.3 Å². The van der Waals surface area contributed by atoms with Gasteiger partial charge in [-0.3, -0.25) is 9.69 Å². The van der Waals surface area contributed by atoms with Gasteiger partial charge in [0.1, 0.15) is 11.5 Å². The van der Waals surface area contributed by atoms with E-state index in [-0.39, 0.29) is 11.9 Å². The molecule has 3 rings (SSSR count). The van der Waals surface area contributed by atoms with Gasteiger partial charge in [0, 0.05) is 29.4 Å². The number of benzene rings is 2. The summed E-state index contributed by atoms with van der Waals surface area (Å²) >= 11 is 0. The van der Waals surface area contributed by atoms with Crippen molar-refractivity contribution in [3.63, 3.8) is 0 Å². The van der Waals surface area contributed by atoms with Crippen LogP contribution in [0.4, 0.5) is 5.69 Å². The van der Waals surface area contributed by atoms with Crippen LogP contribution in [0.15, 0.2) is 36.4 Å². The van der Waals surface area contributed by atoms with E-state index in [0.717, 1.165) is 36.4 Å². The second-order valence-corrected chi connectivity index (χ2v) is 6.85. The third-order valence-electron chi connectivity index (χ3n) is 5.18. The Labute approximate surface area is 171 Å². The lowest BCUT2D eigenvalue weighted by Crippen LogP contribution is -2.33. The predicted octanol–water partition coefficient (Wildman–Crippen LogP) is 3.50. The zero-order valence-electron chi connectivity index (χ0n) is 17.4. The van der Waals surface area contributed by atoms with Crippen molar-refractivity contribution in [3.8, 4) is 23.0 Å². The van der Waals surface area contributed by atoms with Crippen molar-refractivity contribution in [1.82, 2.24) is 4.90 Å². The molecule has 0 saturated carbocycles. The first-order valence-corrected chi connectivity index (χ1v) is 9.57. The number of carbonyl (C=O) groups is 1. The van der Waals surface area contributed by atoms with E-state index < -0.39 is 0 Å². The summed E-state index contributed by atoms with van der Waals surface area (Å²) in [6.07, 6.45) is 2.01. The lowest BCUT2D eigenvalue weighted by atomic mass is 10.0. The Morgan fingerprint density at radius 2 is 1.72 bits per heavy atom. The highest BCUT2D eigenvalue weighted by molar-refractivity contribution is 5.92. The zero-order valence-corrected chi connectivity index (χ0v) is 17.4. The summed E-state index contributed by atoms with van der Waals surface area (Å²) < 4.78 is 21.4. The lowest BCUT2D eigenvalue weighted by Gasteiger charge is -2.26. The van der Waals surface area contributed by atoms with E-state index >= 15 is 0 Å². The van der Waals surface area contributed by atoms with Crippen LogP contribution >= 0.6 is 0 Å². The van der Waals surface area contributed by atoms with Crippen LogP contribution in [-0.2, 0) is 4.79 Å². The normalized spacial score (nSPS) is 16.3. The van der Waals surface area contributed by atoms with E-state index in [0.29, 0.717) is 23.7 Å². The number of ether oxygens (including phenoxy) is 4. The highest BCUT2D eigenvalue weighted by atomic mass is 16.5. The minimum Gasteiger partial charge on any atom is -0.497 e. The van der Waals surface area contributed by atoms with E-state index in [1.165, 1.54) is 0 Å². The highest BCUT2D eigenvalue weighted by Gasteiger charge is 2.30. The molecule has 7 nitrogen and oxygen atoms in total. The van der Waals surface area contributed by atoms with E-state index in [1.807, 2.05) is 18.2 Å². The van der Waals surface area contributed by atoms with Crippen molar-refractivity contribution in [1.29, 1.82) is 0 Å². The smallest absolute Gasteiger partial charge is 0.238 e. The molecule has 1 amide bonds. The number of nitrogens with one attached hydrogen (secondary N) is 1. The number of rotatable bonds is 8. The second kappa shape index (κ2) is 9.52. The van der Waals surface area contributed by atoms with Crippen molar-refractivity contribution in [3.05, 3.63) is 42.0 Å². The number of methoxy groups -OCH3 is 4. The first-order valence-electron chi connectivity index (χ1n) is 9.57. The maximum absolute atomic E-state index is 12.7. The third-order valence-corrected chi connectivity index (χ3v) is 5.18. The highest BCUT2D eigenvalue weighted by Crippen LogP contribution is 2.38. The van der Waals surface area contributed by atoms with Gasteiger partial charge in [0.2, 0.25) is 5.91 Å². The molecule has 156 valence electrons. The fourth-order valence-electron chi connectivity index (χ4n) is 3.76. The van der Waals surface area contributed by atoms with Crippen LogP contribution in [0.3, 0.4) is 0 Å². The Hall–Kier alpha value is -2.93. The Morgan fingerprint density at radius 3 is 2.41 bits per heavy atom. The molecule has 0 aromatic heterocycles. The third kappa shape index (κ3) is 4.74. The van der Waals surface area contributed by atoms with Crippen LogP contribution in [0, 0.1) is 0 Å². The molecule has 2 aromatic carbocycles. The molecule has 1 atom stereocenters. The van der Waals surface area contributed by atoms with E-state index in [2.05, 4.69) is 10.2 Å². The number of likely N-dealkylation sites (tertiary alicyclic amines) is 1. The van der Waals surface area contributed by atoms with Gasteiger partial charge < -0.3 is 24.3 Å². The molecule has 0 radical (unpaired) electrons. The minimum absolute atomic E-state index is 0.0726. The van der Waals surface area contributed by atoms with Gasteiger partial charge in [-0.2, -0.15) is 0 Å². The zero-order chi connectivity index (χ0) is 20.8. The second-order valence-electron chi connectivity index (χ2n) is 6.85. The molecule has 0 spiro atoms. The summed E-state index contributed by atoms with van der Waals surface area (Å²) in [4.78, 5) is 14.9. The van der Waals surface area contributed by atoms with Gasteiger partial charge in [0.15, 0.2) is 11.5 Å². The van der Waals surface area contributed by atoms with Crippen LogP contribution in [0.25, 0.3) is 0 Å². The molecule has 0 unspecified atom stereocenters. The van der Waals surface area contributed by atoms with Crippen molar-refractivity contribution in [2.45, 2.75) is 18.9 Å². The molecule has 1 heterocycles. The Balaban J connectivity index is 1.70. The molecule has 29 heavy (non-hydrogen) atoms. The maximum Gasteiger partial charge on any atom is 0.238 e. The van der Waals surface area contributed by atoms with Gasteiger partial charge in [0.25, 0.3) is 0 Å². The van der Waals surface area contributed by atoms with Crippen LogP contribution in [0.5, 0.6) is 23.0 Å². The summed E-state index contributed by atoms with van der Waals surface area (Å²) in [5.41, 5.74) is 1.75. The first-order chi connectivity index (χ1) is 14.1. The van der Waals surface area contributed by atoms with Gasteiger partial charge >= 0.3 is 0 Å². The van der Waals surface area contributed by atoms with Crippen LogP contribution in [0.2, 0.25) is 0 Å². The van der Waals surface area contributed by atoms with E-state index in [4.69, 9.17) is 18.9 Å². The molecule has 7 heteroatoms. The summed E-state index contributed by atoms with van der Waals surface area (Å²) in [7, 11) is 6.44. The molecule has 1 aliphatic heterocycles. The maximum atomic E-state index is 12.7. The molecular formula is C22H28N2O5. The molecular weight excluding hydrogens is 372 g/mol. The van der Waals surface area contributed by atoms with Gasteiger partial charge in [-0.05, 0) is 37.6 Å². The van der Waals surface area contributed by atoms with Crippen LogP contribution in [0.1, 0.15) is 24.4 Å². The first kappa shape index (κ1) is 20.8. The Bertz CT molecular complexity index is 855. The molecule has 0 aliphatic carbocycles. The lowest BCUT2D eigenvalue weighted by molar-refractivity contribution is -0.117. The van der Waals surface area contributed by atoms with E-state index in [9.17, 15) is 4.79 Å².